The minimum atomic E-state index is -0.613. The lowest BCUT2D eigenvalue weighted by Crippen LogP contribution is -2.48. The number of methoxy groups -OCH3 is 1. The Hall–Kier alpha value is -2.77. The molecule has 7 heteroatoms. The molecule has 2 aliphatic heterocycles. The maximum atomic E-state index is 11.5. The molecule has 1 fully saturated rings. The monoisotopic (exact) mass is 399 g/mol. The molecular weight excluding hydrogens is 374 g/mol. The number of piperidine rings is 1. The van der Waals surface area contributed by atoms with Crippen LogP contribution in [0, 0.1) is 0 Å². The van der Waals surface area contributed by atoms with Crippen molar-refractivity contribution < 1.29 is 28.8 Å². The third-order valence-corrected chi connectivity index (χ3v) is 5.19. The number of hydrogen-bond donors (Lipinski definition) is 1. The second-order valence-electron chi connectivity index (χ2n) is 7.22. The Bertz CT molecular complexity index is 853. The van der Waals surface area contributed by atoms with Crippen molar-refractivity contribution in [3.63, 3.8) is 0 Å². The maximum Gasteiger partial charge on any atom is 0.337 e. The lowest BCUT2D eigenvalue weighted by atomic mass is 10.0. The number of likely N-dealkylation sites (tertiary alicyclic amines) is 1. The molecular formula is C22H25NO6. The van der Waals surface area contributed by atoms with E-state index in [1.165, 1.54) is 7.11 Å². The highest BCUT2D eigenvalue weighted by atomic mass is 16.6. The van der Waals surface area contributed by atoms with E-state index in [1.54, 1.807) is 12.1 Å². The summed E-state index contributed by atoms with van der Waals surface area (Å²) in [5.74, 6) is 1.55. The number of ether oxygens (including phenoxy) is 4. The van der Waals surface area contributed by atoms with Gasteiger partial charge in [0.25, 0.3) is 0 Å². The van der Waals surface area contributed by atoms with Crippen molar-refractivity contribution in [2.75, 3.05) is 33.4 Å². The summed E-state index contributed by atoms with van der Waals surface area (Å²) in [6, 6.07) is 12.9. The van der Waals surface area contributed by atoms with Crippen LogP contribution in [-0.4, -0.2) is 61.6 Å². The number of benzene rings is 2. The van der Waals surface area contributed by atoms with Gasteiger partial charge in [0.1, 0.15) is 25.4 Å². The zero-order valence-electron chi connectivity index (χ0n) is 16.4. The molecule has 154 valence electrons. The van der Waals surface area contributed by atoms with Gasteiger partial charge in [0.15, 0.2) is 11.5 Å². The number of esters is 1. The van der Waals surface area contributed by atoms with Gasteiger partial charge in [-0.1, -0.05) is 18.2 Å². The second-order valence-corrected chi connectivity index (χ2v) is 7.22. The molecule has 0 unspecified atom stereocenters. The molecule has 4 rings (SSSR count). The topological polar surface area (TPSA) is 77.5 Å². The van der Waals surface area contributed by atoms with Crippen LogP contribution in [0.4, 0.5) is 0 Å². The van der Waals surface area contributed by atoms with Gasteiger partial charge in [-0.15, -0.1) is 0 Å². The number of rotatable bonds is 5. The predicted octanol–water partition coefficient (Wildman–Crippen LogP) is 2.26. The first-order valence-electron chi connectivity index (χ1n) is 9.77. The van der Waals surface area contributed by atoms with Crippen LogP contribution in [0.25, 0.3) is 0 Å². The highest BCUT2D eigenvalue weighted by Crippen LogP contribution is 2.40. The van der Waals surface area contributed by atoms with E-state index in [9.17, 15) is 9.90 Å². The van der Waals surface area contributed by atoms with Crippen molar-refractivity contribution >= 4 is 5.97 Å². The van der Waals surface area contributed by atoms with Crippen LogP contribution in [0.1, 0.15) is 22.3 Å². The summed E-state index contributed by atoms with van der Waals surface area (Å²) >= 11 is 0. The summed E-state index contributed by atoms with van der Waals surface area (Å²) in [6.45, 7) is 3.02. The van der Waals surface area contributed by atoms with Crippen LogP contribution >= 0.6 is 0 Å². The van der Waals surface area contributed by atoms with E-state index in [1.807, 2.05) is 30.3 Å². The first-order valence-corrected chi connectivity index (χ1v) is 9.77. The SMILES string of the molecule is COC(=O)c1ccc(CN2CC[C@@H](Oc3cccc4c3OCCO4)[C@H](O)C2)cc1. The summed E-state index contributed by atoms with van der Waals surface area (Å²) in [6.07, 6.45) is -0.213. The zero-order valence-corrected chi connectivity index (χ0v) is 16.4. The Morgan fingerprint density at radius 1 is 1.17 bits per heavy atom. The third kappa shape index (κ3) is 4.46. The van der Waals surface area contributed by atoms with Gasteiger partial charge in [-0.3, -0.25) is 4.90 Å². The first-order chi connectivity index (χ1) is 14.1. The molecule has 1 N–H and O–H groups in total. The van der Waals surface area contributed by atoms with Crippen molar-refractivity contribution in [1.82, 2.24) is 4.90 Å². The molecule has 0 bridgehead atoms. The molecule has 0 radical (unpaired) electrons. The van der Waals surface area contributed by atoms with Crippen LogP contribution in [0.5, 0.6) is 17.2 Å². The zero-order chi connectivity index (χ0) is 20.2. The van der Waals surface area contributed by atoms with Gasteiger partial charge in [-0.25, -0.2) is 4.79 Å². The largest absolute Gasteiger partial charge is 0.486 e. The molecule has 0 aromatic heterocycles. The number of carbonyl (C=O) groups is 1. The van der Waals surface area contributed by atoms with E-state index < -0.39 is 6.10 Å². The van der Waals surface area contributed by atoms with Gasteiger partial charge in [-0.05, 0) is 36.2 Å². The minimum Gasteiger partial charge on any atom is -0.486 e. The fraction of sp³-hybridized carbons (Fsp3) is 0.409. The maximum absolute atomic E-state index is 11.5. The standard InChI is InChI=1S/C22H25NO6/c1-26-22(25)16-7-5-15(6-8-16)13-23-10-9-18(17(24)14-23)29-20-4-2-3-19-21(20)28-12-11-27-19/h2-8,17-18,24H,9-14H2,1H3/t17-,18-/m1/s1. The van der Waals surface area contributed by atoms with Crippen LogP contribution in [-0.2, 0) is 11.3 Å². The van der Waals surface area contributed by atoms with E-state index >= 15 is 0 Å². The molecule has 0 spiro atoms. The Balaban J connectivity index is 1.35. The van der Waals surface area contributed by atoms with E-state index in [0.29, 0.717) is 55.5 Å². The van der Waals surface area contributed by atoms with Gasteiger partial charge in [0.2, 0.25) is 5.75 Å². The normalized spacial score (nSPS) is 21.4. The Morgan fingerprint density at radius 3 is 2.72 bits per heavy atom. The van der Waals surface area contributed by atoms with Crippen molar-refractivity contribution in [1.29, 1.82) is 0 Å². The van der Waals surface area contributed by atoms with E-state index in [4.69, 9.17) is 18.9 Å². The number of fused-ring (bicyclic) bond motifs is 1. The van der Waals surface area contributed by atoms with Gasteiger partial charge < -0.3 is 24.1 Å². The van der Waals surface area contributed by atoms with Crippen LogP contribution in [0.2, 0.25) is 0 Å². The van der Waals surface area contributed by atoms with Gasteiger partial charge in [-0.2, -0.15) is 0 Å². The molecule has 0 amide bonds. The van der Waals surface area contributed by atoms with Crippen molar-refractivity contribution in [3.05, 3.63) is 53.6 Å². The summed E-state index contributed by atoms with van der Waals surface area (Å²) in [5, 5.41) is 10.6. The van der Waals surface area contributed by atoms with Crippen LogP contribution < -0.4 is 14.2 Å². The minimum absolute atomic E-state index is 0.301. The van der Waals surface area contributed by atoms with E-state index in [-0.39, 0.29) is 12.1 Å². The summed E-state index contributed by atoms with van der Waals surface area (Å²) in [5.41, 5.74) is 1.60. The Labute approximate surface area is 169 Å². The van der Waals surface area contributed by atoms with Crippen molar-refractivity contribution in [2.24, 2.45) is 0 Å². The second kappa shape index (κ2) is 8.71. The molecule has 2 aliphatic rings. The lowest BCUT2D eigenvalue weighted by Gasteiger charge is -2.36. The Kier molecular flexibility index (Phi) is 5.87. The number of carbonyl (C=O) groups excluding carboxylic acids is 1. The third-order valence-electron chi connectivity index (χ3n) is 5.19. The number of para-hydroxylation sites is 1. The fourth-order valence-electron chi connectivity index (χ4n) is 3.68. The smallest absolute Gasteiger partial charge is 0.337 e. The molecule has 2 heterocycles. The quantitative estimate of drug-likeness (QED) is 0.773. The predicted molar refractivity (Wildman–Crippen MR) is 106 cm³/mol. The van der Waals surface area contributed by atoms with Crippen LogP contribution in [0.15, 0.2) is 42.5 Å². The number of nitrogens with zero attached hydrogens (tertiary/aromatic N) is 1. The highest BCUT2D eigenvalue weighted by molar-refractivity contribution is 5.89. The van der Waals surface area contributed by atoms with Crippen molar-refractivity contribution in [3.8, 4) is 17.2 Å². The lowest BCUT2D eigenvalue weighted by molar-refractivity contribution is -0.0290. The molecule has 1 saturated heterocycles. The number of aliphatic hydroxyl groups excluding tert-OH is 1. The van der Waals surface area contributed by atoms with Gasteiger partial charge >= 0.3 is 5.97 Å². The molecule has 7 nitrogen and oxygen atoms in total. The fourth-order valence-corrected chi connectivity index (χ4v) is 3.68. The molecule has 0 aliphatic carbocycles. The van der Waals surface area contributed by atoms with Gasteiger partial charge in [0, 0.05) is 19.6 Å². The summed E-state index contributed by atoms with van der Waals surface area (Å²) in [7, 11) is 1.37. The Morgan fingerprint density at radius 2 is 1.97 bits per heavy atom. The highest BCUT2D eigenvalue weighted by Gasteiger charge is 2.30. The summed E-state index contributed by atoms with van der Waals surface area (Å²) < 4.78 is 22.1. The van der Waals surface area contributed by atoms with E-state index in [0.717, 1.165) is 12.1 Å². The summed E-state index contributed by atoms with van der Waals surface area (Å²) in [4.78, 5) is 13.7. The average Bonchev–Trinajstić information content (AvgIpc) is 2.76. The number of aliphatic hydroxyl groups is 1. The first kappa shape index (κ1) is 19.5. The molecule has 29 heavy (non-hydrogen) atoms. The van der Waals surface area contributed by atoms with Crippen LogP contribution in [0.3, 0.4) is 0 Å². The number of β-amino-alcohol motifs (C(OH)–C–C–N with tert-alkyl or cyclic N) is 1. The molecule has 0 saturated carbocycles. The van der Waals surface area contributed by atoms with Crippen molar-refractivity contribution in [2.45, 2.75) is 25.2 Å². The van der Waals surface area contributed by atoms with Gasteiger partial charge in [0.05, 0.1) is 12.7 Å². The van der Waals surface area contributed by atoms with E-state index in [2.05, 4.69) is 4.90 Å². The molecule has 2 aromatic carbocycles. The molecule has 2 aromatic rings. The number of hydrogen-bond acceptors (Lipinski definition) is 7. The molecule has 2 atom stereocenters. The average molecular weight is 399 g/mol.